The third-order valence-corrected chi connectivity index (χ3v) is 7.80. The Bertz CT molecular complexity index is 1860. The van der Waals surface area contributed by atoms with Crippen LogP contribution in [0.3, 0.4) is 0 Å². The Morgan fingerprint density at radius 3 is 2.67 bits per heavy atom. The normalized spacial score (nSPS) is 19.2. The second kappa shape index (κ2) is 10.1. The number of rotatable bonds is 7. The molecule has 1 fully saturated rings. The van der Waals surface area contributed by atoms with Gasteiger partial charge in [-0.1, -0.05) is 17.7 Å². The fourth-order valence-corrected chi connectivity index (χ4v) is 5.47. The molecule has 1 N–H and O–H groups in total. The summed E-state index contributed by atoms with van der Waals surface area (Å²) in [7, 11) is 0. The number of nitrogens with zero attached hydrogens (tertiary/aromatic N) is 4. The molecule has 42 heavy (non-hydrogen) atoms. The first-order chi connectivity index (χ1) is 20.3. The van der Waals surface area contributed by atoms with E-state index in [0.29, 0.717) is 48.0 Å². The highest BCUT2D eigenvalue weighted by Gasteiger charge is 2.42. The number of carbonyl (C=O) groups is 1. The van der Waals surface area contributed by atoms with E-state index >= 15 is 0 Å². The lowest BCUT2D eigenvalue weighted by molar-refractivity contribution is -0.0705. The highest BCUT2D eigenvalue weighted by Crippen LogP contribution is 2.49. The standard InChI is InChI=1S/C31H24ClFN4O5/c1-31(22-7-6-19(32)13-23(22)33)41-26-4-2-3-21(28(26)42-31)29-34-14-17(15-35-29)11-27-36-24-8-5-18(30(38)39)12-25(24)37(27)16-20-9-10-40-20/h2-8,12-15,20H,9-11,16H2,1H3,(H,38,39)/t20-,31?/m0/s1. The van der Waals surface area contributed by atoms with Crippen LogP contribution in [0.2, 0.25) is 5.02 Å². The van der Waals surface area contributed by atoms with Crippen LogP contribution >= 0.6 is 11.6 Å². The summed E-state index contributed by atoms with van der Waals surface area (Å²) in [6.45, 7) is 2.94. The largest absolute Gasteiger partial charge is 0.478 e. The first kappa shape index (κ1) is 26.4. The molecule has 0 spiro atoms. The monoisotopic (exact) mass is 586 g/mol. The van der Waals surface area contributed by atoms with Gasteiger partial charge >= 0.3 is 5.97 Å². The number of carboxylic acids is 1. The molecule has 2 atom stereocenters. The van der Waals surface area contributed by atoms with Gasteiger partial charge in [-0.15, -0.1) is 0 Å². The summed E-state index contributed by atoms with van der Waals surface area (Å²) in [5.41, 5.74) is 3.30. The van der Waals surface area contributed by atoms with E-state index in [1.54, 1.807) is 61.8 Å². The lowest BCUT2D eigenvalue weighted by atomic mass is 10.1. The number of imidazole rings is 1. The quantitative estimate of drug-likeness (QED) is 0.247. The number of fused-ring (bicyclic) bond motifs is 2. The highest BCUT2D eigenvalue weighted by molar-refractivity contribution is 6.30. The van der Waals surface area contributed by atoms with E-state index in [2.05, 4.69) is 9.97 Å². The van der Waals surface area contributed by atoms with Crippen LogP contribution in [-0.2, 0) is 23.5 Å². The Kier molecular flexibility index (Phi) is 6.32. The first-order valence-electron chi connectivity index (χ1n) is 13.4. The number of ether oxygens (including phenoxy) is 3. The van der Waals surface area contributed by atoms with Crippen molar-refractivity contribution in [2.45, 2.75) is 38.2 Å². The number of halogens is 2. The number of para-hydroxylation sites is 1. The van der Waals surface area contributed by atoms with Crippen LogP contribution in [0.5, 0.6) is 11.5 Å². The van der Waals surface area contributed by atoms with E-state index in [-0.39, 0.29) is 22.3 Å². The smallest absolute Gasteiger partial charge is 0.335 e. The Hall–Kier alpha value is -4.54. The van der Waals surface area contributed by atoms with Gasteiger partial charge in [0.05, 0.1) is 40.4 Å². The predicted octanol–water partition coefficient (Wildman–Crippen LogP) is 6.01. The van der Waals surface area contributed by atoms with E-state index in [9.17, 15) is 14.3 Å². The van der Waals surface area contributed by atoms with E-state index in [1.165, 1.54) is 6.07 Å². The van der Waals surface area contributed by atoms with Gasteiger partial charge in [-0.3, -0.25) is 0 Å². The third-order valence-electron chi connectivity index (χ3n) is 7.56. The number of aromatic carboxylic acids is 1. The van der Waals surface area contributed by atoms with Gasteiger partial charge in [-0.2, -0.15) is 0 Å². The van der Waals surface area contributed by atoms with Gasteiger partial charge in [-0.05, 0) is 60.5 Å². The Labute approximate surface area is 244 Å². The van der Waals surface area contributed by atoms with E-state index in [0.717, 1.165) is 23.3 Å². The Morgan fingerprint density at radius 2 is 1.95 bits per heavy atom. The van der Waals surface area contributed by atoms with Crippen molar-refractivity contribution in [1.29, 1.82) is 0 Å². The molecule has 0 saturated carbocycles. The zero-order chi connectivity index (χ0) is 29.0. The van der Waals surface area contributed by atoms with Crippen LogP contribution in [0.25, 0.3) is 22.4 Å². The van der Waals surface area contributed by atoms with Crippen LogP contribution in [0, 0.1) is 5.82 Å². The van der Waals surface area contributed by atoms with Crippen LogP contribution < -0.4 is 9.47 Å². The Morgan fingerprint density at radius 1 is 1.14 bits per heavy atom. The number of hydrogen-bond acceptors (Lipinski definition) is 7. The minimum atomic E-state index is -1.39. The molecule has 11 heteroatoms. The number of carboxylic acid groups (broad SMARTS) is 1. The summed E-state index contributed by atoms with van der Waals surface area (Å²) in [5, 5.41) is 9.77. The summed E-state index contributed by atoms with van der Waals surface area (Å²) in [4.78, 5) is 25.6. The molecule has 0 amide bonds. The second-order valence-corrected chi connectivity index (χ2v) is 10.9. The maximum atomic E-state index is 14.8. The van der Waals surface area contributed by atoms with Gasteiger partial charge in [0.2, 0.25) is 0 Å². The van der Waals surface area contributed by atoms with Crippen LogP contribution in [-0.4, -0.2) is 43.3 Å². The SMILES string of the molecule is CC1(c2ccc(Cl)cc2F)Oc2cccc(-c3ncc(Cc4nc5ccc(C(=O)O)cc5n4C[C@@H]4CCO4)cn3)c2O1. The molecule has 1 saturated heterocycles. The second-order valence-electron chi connectivity index (χ2n) is 10.4. The molecule has 5 aromatic rings. The van der Waals surface area contributed by atoms with Gasteiger partial charge < -0.3 is 23.9 Å². The molecule has 2 aliphatic heterocycles. The Balaban J connectivity index is 1.17. The molecule has 2 aliphatic rings. The molecular weight excluding hydrogens is 563 g/mol. The molecule has 2 aromatic heterocycles. The number of benzene rings is 3. The van der Waals surface area contributed by atoms with Gasteiger partial charge in [0, 0.05) is 37.4 Å². The summed E-state index contributed by atoms with van der Waals surface area (Å²) >= 11 is 5.93. The third kappa shape index (κ3) is 4.62. The van der Waals surface area contributed by atoms with Crippen LogP contribution in [0.1, 0.15) is 40.7 Å². The van der Waals surface area contributed by atoms with Crippen molar-refractivity contribution in [1.82, 2.24) is 19.5 Å². The van der Waals surface area contributed by atoms with Crippen molar-refractivity contribution < 1.29 is 28.5 Å². The summed E-state index contributed by atoms with van der Waals surface area (Å²) in [6.07, 6.45) is 4.88. The summed E-state index contributed by atoms with van der Waals surface area (Å²) in [6, 6.07) is 14.6. The molecule has 4 heterocycles. The van der Waals surface area contributed by atoms with Gasteiger partial charge in [0.1, 0.15) is 11.6 Å². The zero-order valence-electron chi connectivity index (χ0n) is 22.4. The molecule has 0 aliphatic carbocycles. The van der Waals surface area contributed by atoms with Crippen molar-refractivity contribution in [2.24, 2.45) is 0 Å². The average molecular weight is 587 g/mol. The van der Waals surface area contributed by atoms with E-state index < -0.39 is 17.6 Å². The fraction of sp³-hybridized carbons (Fsp3) is 0.226. The molecule has 0 bridgehead atoms. The van der Waals surface area contributed by atoms with Crippen molar-refractivity contribution in [2.75, 3.05) is 6.61 Å². The van der Waals surface area contributed by atoms with Gasteiger partial charge in [0.25, 0.3) is 5.79 Å². The van der Waals surface area contributed by atoms with Crippen molar-refractivity contribution in [3.8, 4) is 22.9 Å². The molecule has 3 aromatic carbocycles. The maximum Gasteiger partial charge on any atom is 0.335 e. The average Bonchev–Trinajstić information content (AvgIpc) is 3.47. The highest BCUT2D eigenvalue weighted by atomic mass is 35.5. The molecule has 9 nitrogen and oxygen atoms in total. The minimum absolute atomic E-state index is 0.0580. The fourth-order valence-electron chi connectivity index (χ4n) is 5.31. The molecular formula is C31H24ClFN4O5. The van der Waals surface area contributed by atoms with E-state index in [4.69, 9.17) is 30.8 Å². The summed E-state index contributed by atoms with van der Waals surface area (Å²) < 4.78 is 34.7. The molecule has 7 rings (SSSR count). The maximum absolute atomic E-state index is 14.8. The van der Waals surface area contributed by atoms with Crippen molar-refractivity contribution in [3.63, 3.8) is 0 Å². The minimum Gasteiger partial charge on any atom is -0.478 e. The van der Waals surface area contributed by atoms with Gasteiger partial charge in [-0.25, -0.2) is 24.1 Å². The van der Waals surface area contributed by atoms with E-state index in [1.807, 2.05) is 10.6 Å². The number of hydrogen-bond donors (Lipinski definition) is 1. The predicted molar refractivity (Wildman–Crippen MR) is 151 cm³/mol. The lowest BCUT2D eigenvalue weighted by Crippen LogP contribution is -2.32. The van der Waals surface area contributed by atoms with Crippen LogP contribution in [0.15, 0.2) is 67.0 Å². The van der Waals surface area contributed by atoms with Crippen molar-refractivity contribution >= 4 is 28.6 Å². The molecule has 1 unspecified atom stereocenters. The zero-order valence-corrected chi connectivity index (χ0v) is 23.1. The summed E-state index contributed by atoms with van der Waals surface area (Å²) in [5.74, 6) is -0.871. The number of aromatic nitrogens is 4. The molecule has 212 valence electrons. The van der Waals surface area contributed by atoms with Gasteiger partial charge in [0.15, 0.2) is 17.3 Å². The molecule has 0 radical (unpaired) electrons. The lowest BCUT2D eigenvalue weighted by Gasteiger charge is -2.27. The first-order valence-corrected chi connectivity index (χ1v) is 13.8. The van der Waals surface area contributed by atoms with Crippen LogP contribution in [0.4, 0.5) is 4.39 Å². The van der Waals surface area contributed by atoms with Crippen molar-refractivity contribution in [3.05, 3.63) is 100 Å². The topological polar surface area (TPSA) is 109 Å².